The van der Waals surface area contributed by atoms with Gasteiger partial charge in [-0.3, -0.25) is 4.99 Å². The highest BCUT2D eigenvalue weighted by molar-refractivity contribution is 6.16. The highest BCUT2D eigenvalue weighted by Gasteiger charge is 2.25. The largest absolute Gasteiger partial charge is 0.494 e. The van der Waals surface area contributed by atoms with Crippen LogP contribution in [0.25, 0.3) is 11.3 Å². The first-order chi connectivity index (χ1) is 10.8. The van der Waals surface area contributed by atoms with Crippen molar-refractivity contribution in [1.82, 2.24) is 4.98 Å². The standard InChI is InChI=1S/C19H16N2O/c22-19-16-15(17(21-19)13-7-3-1-4-8-13)11-12-20-18(16)14-9-5-2-6-10-14/h1-10,21-22H,11-12H2. The molecule has 108 valence electrons. The fraction of sp³-hybridized carbons (Fsp3) is 0.105. The van der Waals surface area contributed by atoms with Crippen LogP contribution < -0.4 is 0 Å². The molecule has 22 heavy (non-hydrogen) atoms. The van der Waals surface area contributed by atoms with Gasteiger partial charge in [0, 0.05) is 12.1 Å². The Hall–Kier alpha value is -2.81. The molecule has 2 N–H and O–H groups in total. The van der Waals surface area contributed by atoms with Gasteiger partial charge in [0.1, 0.15) is 0 Å². The number of rotatable bonds is 2. The zero-order chi connectivity index (χ0) is 14.9. The van der Waals surface area contributed by atoms with Crippen molar-refractivity contribution in [3.05, 3.63) is 77.4 Å². The van der Waals surface area contributed by atoms with E-state index in [1.54, 1.807) is 0 Å². The predicted molar refractivity (Wildman–Crippen MR) is 88.5 cm³/mol. The minimum atomic E-state index is 0.205. The van der Waals surface area contributed by atoms with Crippen molar-refractivity contribution in [2.24, 2.45) is 4.99 Å². The summed E-state index contributed by atoms with van der Waals surface area (Å²) in [5.41, 5.74) is 5.99. The number of H-pyrrole nitrogens is 1. The van der Waals surface area contributed by atoms with E-state index in [1.807, 2.05) is 48.5 Å². The highest BCUT2D eigenvalue weighted by Crippen LogP contribution is 2.36. The van der Waals surface area contributed by atoms with Crippen LogP contribution in [-0.2, 0) is 6.42 Å². The lowest BCUT2D eigenvalue weighted by Gasteiger charge is -2.15. The van der Waals surface area contributed by atoms with Gasteiger partial charge in [0.25, 0.3) is 0 Å². The fourth-order valence-corrected chi connectivity index (χ4v) is 3.07. The normalized spacial score (nSPS) is 13.5. The number of nitrogens with zero attached hydrogens (tertiary/aromatic N) is 1. The summed E-state index contributed by atoms with van der Waals surface area (Å²) in [5, 5.41) is 10.4. The molecule has 3 aromatic rings. The Kier molecular flexibility index (Phi) is 3.04. The maximum Gasteiger partial charge on any atom is 0.198 e. The maximum absolute atomic E-state index is 10.4. The van der Waals surface area contributed by atoms with Gasteiger partial charge in [-0.2, -0.15) is 0 Å². The van der Waals surface area contributed by atoms with E-state index < -0.39 is 0 Å². The summed E-state index contributed by atoms with van der Waals surface area (Å²) < 4.78 is 0. The van der Waals surface area contributed by atoms with E-state index in [0.717, 1.165) is 46.6 Å². The van der Waals surface area contributed by atoms with E-state index >= 15 is 0 Å². The summed E-state index contributed by atoms with van der Waals surface area (Å²) >= 11 is 0. The van der Waals surface area contributed by atoms with Gasteiger partial charge in [0.05, 0.1) is 17.0 Å². The molecule has 0 radical (unpaired) electrons. The number of fused-ring (bicyclic) bond motifs is 1. The molecule has 0 aliphatic carbocycles. The van der Waals surface area contributed by atoms with Gasteiger partial charge in [0.15, 0.2) is 5.88 Å². The van der Waals surface area contributed by atoms with Crippen LogP contribution >= 0.6 is 0 Å². The molecule has 1 aliphatic heterocycles. The lowest BCUT2D eigenvalue weighted by Crippen LogP contribution is -2.12. The van der Waals surface area contributed by atoms with Crippen LogP contribution in [0.1, 0.15) is 16.7 Å². The van der Waals surface area contributed by atoms with E-state index in [0.29, 0.717) is 0 Å². The van der Waals surface area contributed by atoms with Crippen LogP contribution in [0, 0.1) is 0 Å². The van der Waals surface area contributed by atoms with Gasteiger partial charge in [-0.25, -0.2) is 0 Å². The van der Waals surface area contributed by atoms with E-state index in [1.165, 1.54) is 0 Å². The molecule has 0 fully saturated rings. The van der Waals surface area contributed by atoms with Gasteiger partial charge < -0.3 is 10.1 Å². The van der Waals surface area contributed by atoms with E-state index in [-0.39, 0.29) is 5.88 Å². The molecular weight excluding hydrogens is 272 g/mol. The molecule has 1 aliphatic rings. The number of aromatic amines is 1. The van der Waals surface area contributed by atoms with Gasteiger partial charge in [-0.1, -0.05) is 60.7 Å². The Bertz CT molecular complexity index is 833. The molecule has 2 aromatic carbocycles. The maximum atomic E-state index is 10.4. The third kappa shape index (κ3) is 2.02. The van der Waals surface area contributed by atoms with Crippen LogP contribution in [0.4, 0.5) is 0 Å². The van der Waals surface area contributed by atoms with Crippen molar-refractivity contribution in [1.29, 1.82) is 0 Å². The van der Waals surface area contributed by atoms with Crippen LogP contribution in [0.3, 0.4) is 0 Å². The van der Waals surface area contributed by atoms with Crippen molar-refractivity contribution in [2.45, 2.75) is 6.42 Å². The zero-order valence-corrected chi connectivity index (χ0v) is 12.1. The molecular formula is C19H16N2O. The lowest BCUT2D eigenvalue weighted by atomic mass is 9.93. The Labute approximate surface area is 129 Å². The van der Waals surface area contributed by atoms with Gasteiger partial charge in [-0.05, 0) is 17.5 Å². The summed E-state index contributed by atoms with van der Waals surface area (Å²) in [7, 11) is 0. The summed E-state index contributed by atoms with van der Waals surface area (Å²) in [4.78, 5) is 7.79. The zero-order valence-electron chi connectivity index (χ0n) is 12.1. The van der Waals surface area contributed by atoms with Crippen molar-refractivity contribution in [3.8, 4) is 17.1 Å². The summed E-state index contributed by atoms with van der Waals surface area (Å²) in [5.74, 6) is 0.205. The SMILES string of the molecule is Oc1[nH]c(-c2ccccc2)c2c1C(c1ccccc1)=NCC2. The van der Waals surface area contributed by atoms with Gasteiger partial charge >= 0.3 is 0 Å². The second kappa shape index (κ2) is 5.19. The lowest BCUT2D eigenvalue weighted by molar-refractivity contribution is 0.456. The van der Waals surface area contributed by atoms with E-state index in [2.05, 4.69) is 22.1 Å². The molecule has 3 nitrogen and oxygen atoms in total. The minimum absolute atomic E-state index is 0.205. The van der Waals surface area contributed by atoms with Crippen molar-refractivity contribution in [3.63, 3.8) is 0 Å². The first-order valence-corrected chi connectivity index (χ1v) is 7.44. The minimum Gasteiger partial charge on any atom is -0.494 e. The molecule has 0 bridgehead atoms. The van der Waals surface area contributed by atoms with Crippen molar-refractivity contribution < 1.29 is 5.11 Å². The van der Waals surface area contributed by atoms with Crippen LogP contribution in [0.2, 0.25) is 0 Å². The smallest absolute Gasteiger partial charge is 0.198 e. The van der Waals surface area contributed by atoms with Gasteiger partial charge in [-0.15, -0.1) is 0 Å². The van der Waals surface area contributed by atoms with E-state index in [9.17, 15) is 5.11 Å². The molecule has 0 saturated heterocycles. The Morgan fingerprint density at radius 3 is 2.18 bits per heavy atom. The highest BCUT2D eigenvalue weighted by atomic mass is 16.3. The molecule has 3 heteroatoms. The number of benzene rings is 2. The number of aromatic nitrogens is 1. The Morgan fingerprint density at radius 1 is 0.864 bits per heavy atom. The fourth-order valence-electron chi connectivity index (χ4n) is 3.07. The number of aliphatic imine (C=N–C) groups is 1. The molecule has 0 unspecified atom stereocenters. The summed E-state index contributed by atoms with van der Waals surface area (Å²) in [6.45, 7) is 0.744. The van der Waals surface area contributed by atoms with Crippen LogP contribution in [0.15, 0.2) is 65.7 Å². The molecule has 0 atom stereocenters. The third-order valence-corrected chi connectivity index (χ3v) is 4.06. The van der Waals surface area contributed by atoms with E-state index in [4.69, 9.17) is 0 Å². The average molecular weight is 288 g/mol. The molecule has 0 saturated carbocycles. The number of hydrogen-bond acceptors (Lipinski definition) is 2. The number of nitrogens with one attached hydrogen (secondary N) is 1. The molecule has 2 heterocycles. The monoisotopic (exact) mass is 288 g/mol. The topological polar surface area (TPSA) is 48.4 Å². The van der Waals surface area contributed by atoms with Crippen molar-refractivity contribution in [2.75, 3.05) is 6.54 Å². The van der Waals surface area contributed by atoms with Crippen LogP contribution in [0.5, 0.6) is 5.88 Å². The average Bonchev–Trinajstić information content (AvgIpc) is 2.94. The third-order valence-electron chi connectivity index (χ3n) is 4.06. The molecule has 1 aromatic heterocycles. The Balaban J connectivity index is 1.89. The molecule has 0 spiro atoms. The summed E-state index contributed by atoms with van der Waals surface area (Å²) in [6, 6.07) is 20.2. The first kappa shape index (κ1) is 12.9. The molecule has 0 amide bonds. The van der Waals surface area contributed by atoms with Gasteiger partial charge in [0.2, 0.25) is 0 Å². The van der Waals surface area contributed by atoms with Crippen molar-refractivity contribution >= 4 is 5.71 Å². The van der Waals surface area contributed by atoms with Crippen LogP contribution in [-0.4, -0.2) is 22.3 Å². The number of aromatic hydroxyl groups is 1. The summed E-state index contributed by atoms with van der Waals surface area (Å²) in [6.07, 6.45) is 0.840. The second-order valence-corrected chi connectivity index (χ2v) is 5.41. The quantitative estimate of drug-likeness (QED) is 0.740. The first-order valence-electron chi connectivity index (χ1n) is 7.44. The predicted octanol–water partition coefficient (Wildman–Crippen LogP) is 3.78. The Morgan fingerprint density at radius 2 is 1.50 bits per heavy atom. The second-order valence-electron chi connectivity index (χ2n) is 5.41. The number of hydrogen-bond donors (Lipinski definition) is 2. The molecule has 4 rings (SSSR count).